The third-order valence-corrected chi connectivity index (χ3v) is 5.86. The molecule has 0 radical (unpaired) electrons. The summed E-state index contributed by atoms with van der Waals surface area (Å²) >= 11 is 0. The summed E-state index contributed by atoms with van der Waals surface area (Å²) < 4.78 is 31.4. The van der Waals surface area contributed by atoms with E-state index in [0.717, 1.165) is 31.2 Å². The highest BCUT2D eigenvalue weighted by Gasteiger charge is 2.25. The van der Waals surface area contributed by atoms with E-state index in [1.165, 1.54) is 19.2 Å². The van der Waals surface area contributed by atoms with Crippen molar-refractivity contribution in [1.82, 2.24) is 10.0 Å². The van der Waals surface area contributed by atoms with Crippen molar-refractivity contribution >= 4 is 15.9 Å². The fraction of sp³-hybridized carbons (Fsp3) is 0.588. The third kappa shape index (κ3) is 6.07. The molecule has 140 valence electrons. The number of carbonyl (C=O) groups excluding carboxylic acids is 1. The number of sulfonamides is 1. The van der Waals surface area contributed by atoms with Gasteiger partial charge in [0.1, 0.15) is 0 Å². The van der Waals surface area contributed by atoms with E-state index < -0.39 is 10.0 Å². The molecule has 1 aromatic rings. The summed E-state index contributed by atoms with van der Waals surface area (Å²) in [6, 6.07) is 6.59. The first kappa shape index (κ1) is 19.8. The van der Waals surface area contributed by atoms with Gasteiger partial charge in [0.05, 0.1) is 11.5 Å². The van der Waals surface area contributed by atoms with Crippen molar-refractivity contribution in [2.45, 2.75) is 43.2 Å². The van der Waals surface area contributed by atoms with Gasteiger partial charge in [0.15, 0.2) is 0 Å². The molecular formula is C17H27N3O4S. The third-order valence-electron chi connectivity index (χ3n) is 4.38. The Morgan fingerprint density at radius 2 is 2.00 bits per heavy atom. The van der Waals surface area contributed by atoms with E-state index in [0.29, 0.717) is 13.2 Å². The predicted molar refractivity (Wildman–Crippen MR) is 95.3 cm³/mol. The largest absolute Gasteiger partial charge is 0.383 e. The van der Waals surface area contributed by atoms with E-state index in [-0.39, 0.29) is 29.3 Å². The van der Waals surface area contributed by atoms with Crippen LogP contribution in [0.3, 0.4) is 0 Å². The van der Waals surface area contributed by atoms with E-state index >= 15 is 0 Å². The summed E-state index contributed by atoms with van der Waals surface area (Å²) in [5.74, 6) is 0.00136. The minimum atomic E-state index is -3.54. The van der Waals surface area contributed by atoms with Crippen LogP contribution in [0.5, 0.6) is 0 Å². The second-order valence-corrected chi connectivity index (χ2v) is 8.14. The van der Waals surface area contributed by atoms with Crippen molar-refractivity contribution in [3.05, 3.63) is 29.8 Å². The maximum absolute atomic E-state index is 12.2. The lowest BCUT2D eigenvalue weighted by atomic mass is 9.85. The van der Waals surface area contributed by atoms with Crippen LogP contribution in [0.2, 0.25) is 0 Å². The molecule has 1 saturated carbocycles. The van der Waals surface area contributed by atoms with Crippen LogP contribution in [0.25, 0.3) is 0 Å². The van der Waals surface area contributed by atoms with Crippen LogP contribution >= 0.6 is 0 Å². The first-order valence-corrected chi connectivity index (χ1v) is 10.0. The lowest BCUT2D eigenvalue weighted by Gasteiger charge is -2.25. The molecule has 1 aromatic carbocycles. The number of hydrogen-bond donors (Lipinski definition) is 3. The quantitative estimate of drug-likeness (QED) is 0.586. The molecule has 8 heteroatoms. The zero-order valence-corrected chi connectivity index (χ0v) is 15.3. The zero-order valence-electron chi connectivity index (χ0n) is 14.5. The van der Waals surface area contributed by atoms with E-state index in [4.69, 9.17) is 10.5 Å². The van der Waals surface area contributed by atoms with E-state index in [2.05, 4.69) is 10.0 Å². The second kappa shape index (κ2) is 9.28. The maximum Gasteiger partial charge on any atom is 0.240 e. The molecule has 1 aliphatic rings. The van der Waals surface area contributed by atoms with Crippen molar-refractivity contribution in [1.29, 1.82) is 0 Å². The van der Waals surface area contributed by atoms with Gasteiger partial charge in [0, 0.05) is 32.2 Å². The molecule has 0 aliphatic heterocycles. The van der Waals surface area contributed by atoms with Gasteiger partial charge in [-0.05, 0) is 37.0 Å². The molecule has 4 N–H and O–H groups in total. The number of hydrogen-bond acceptors (Lipinski definition) is 5. The van der Waals surface area contributed by atoms with Crippen LogP contribution in [0.15, 0.2) is 29.2 Å². The molecule has 2 rings (SSSR count). The Hall–Kier alpha value is -1.48. The summed E-state index contributed by atoms with van der Waals surface area (Å²) in [6.45, 7) is 0.913. The fourth-order valence-electron chi connectivity index (χ4n) is 2.95. The number of rotatable bonds is 8. The molecule has 0 bridgehead atoms. The Labute approximate surface area is 149 Å². The fourth-order valence-corrected chi connectivity index (χ4v) is 3.96. The van der Waals surface area contributed by atoms with Crippen molar-refractivity contribution in [3.8, 4) is 0 Å². The standard InChI is InChI=1S/C17H27N3O4S/c1-24-10-9-20-25(22,23)16-7-5-13(6-8-16)12-19-17(21)14-3-2-4-15(18)11-14/h5-8,14-15,20H,2-4,9-12,18H2,1H3,(H,19,21). The number of ether oxygens (including phenoxy) is 1. The second-order valence-electron chi connectivity index (χ2n) is 6.38. The average molecular weight is 369 g/mol. The van der Waals surface area contributed by atoms with Crippen LogP contribution in [-0.2, 0) is 26.1 Å². The predicted octanol–water partition coefficient (Wildman–Crippen LogP) is 0.745. The minimum absolute atomic E-state index is 0.0200. The first-order valence-electron chi connectivity index (χ1n) is 8.53. The number of benzene rings is 1. The topological polar surface area (TPSA) is 111 Å². The van der Waals surface area contributed by atoms with E-state index in [1.807, 2.05) is 0 Å². The van der Waals surface area contributed by atoms with E-state index in [1.54, 1.807) is 12.1 Å². The molecule has 1 amide bonds. The van der Waals surface area contributed by atoms with Gasteiger partial charge in [-0.25, -0.2) is 13.1 Å². The van der Waals surface area contributed by atoms with Gasteiger partial charge in [-0.1, -0.05) is 18.6 Å². The summed E-state index contributed by atoms with van der Waals surface area (Å²) in [5, 5.41) is 2.91. The molecule has 25 heavy (non-hydrogen) atoms. The number of carbonyl (C=O) groups is 1. The molecule has 2 unspecified atom stereocenters. The average Bonchev–Trinajstić information content (AvgIpc) is 2.60. The Morgan fingerprint density at radius 3 is 2.64 bits per heavy atom. The molecule has 0 heterocycles. The maximum atomic E-state index is 12.2. The highest BCUT2D eigenvalue weighted by Crippen LogP contribution is 2.23. The lowest BCUT2D eigenvalue weighted by molar-refractivity contribution is -0.126. The number of methoxy groups -OCH3 is 1. The number of amides is 1. The van der Waals surface area contributed by atoms with Crippen LogP contribution in [0.1, 0.15) is 31.2 Å². The smallest absolute Gasteiger partial charge is 0.240 e. The highest BCUT2D eigenvalue weighted by molar-refractivity contribution is 7.89. The zero-order chi connectivity index (χ0) is 18.3. The van der Waals surface area contributed by atoms with Crippen molar-refractivity contribution in [2.75, 3.05) is 20.3 Å². The molecule has 1 aliphatic carbocycles. The van der Waals surface area contributed by atoms with Crippen LogP contribution in [-0.4, -0.2) is 40.6 Å². The van der Waals surface area contributed by atoms with Gasteiger partial charge in [0.25, 0.3) is 0 Å². The van der Waals surface area contributed by atoms with Crippen molar-refractivity contribution in [2.24, 2.45) is 11.7 Å². The van der Waals surface area contributed by atoms with E-state index in [9.17, 15) is 13.2 Å². The van der Waals surface area contributed by atoms with Gasteiger partial charge in [0.2, 0.25) is 15.9 Å². The molecule has 7 nitrogen and oxygen atoms in total. The number of nitrogens with one attached hydrogen (secondary N) is 2. The SMILES string of the molecule is COCCNS(=O)(=O)c1ccc(CNC(=O)C2CCCC(N)C2)cc1. The molecule has 0 spiro atoms. The van der Waals surface area contributed by atoms with Gasteiger partial charge < -0.3 is 15.8 Å². The Bertz CT molecular complexity index is 661. The molecule has 0 saturated heterocycles. The lowest BCUT2D eigenvalue weighted by Crippen LogP contribution is -2.37. The van der Waals surface area contributed by atoms with Crippen LogP contribution < -0.4 is 15.8 Å². The van der Waals surface area contributed by atoms with Gasteiger partial charge in [-0.15, -0.1) is 0 Å². The summed E-state index contributed by atoms with van der Waals surface area (Å²) in [7, 11) is -2.02. The molecular weight excluding hydrogens is 342 g/mol. The van der Waals surface area contributed by atoms with Gasteiger partial charge in [-0.2, -0.15) is 0 Å². The summed E-state index contributed by atoms with van der Waals surface area (Å²) in [4.78, 5) is 12.4. The van der Waals surface area contributed by atoms with Gasteiger partial charge in [-0.3, -0.25) is 4.79 Å². The van der Waals surface area contributed by atoms with Crippen LogP contribution in [0.4, 0.5) is 0 Å². The molecule has 1 fully saturated rings. The normalized spacial score (nSPS) is 21.0. The first-order chi connectivity index (χ1) is 11.9. The highest BCUT2D eigenvalue weighted by atomic mass is 32.2. The van der Waals surface area contributed by atoms with Crippen molar-refractivity contribution < 1.29 is 17.9 Å². The number of nitrogens with two attached hydrogens (primary N) is 1. The summed E-state index contributed by atoms with van der Waals surface area (Å²) in [6.07, 6.45) is 3.58. The monoisotopic (exact) mass is 369 g/mol. The van der Waals surface area contributed by atoms with Crippen molar-refractivity contribution in [3.63, 3.8) is 0 Å². The van der Waals surface area contributed by atoms with Crippen LogP contribution in [0, 0.1) is 5.92 Å². The molecule has 0 aromatic heterocycles. The molecule has 2 atom stereocenters. The minimum Gasteiger partial charge on any atom is -0.383 e. The van der Waals surface area contributed by atoms with Gasteiger partial charge >= 0.3 is 0 Å². The summed E-state index contributed by atoms with van der Waals surface area (Å²) in [5.41, 5.74) is 6.77. The Balaban J connectivity index is 1.86. The Morgan fingerprint density at radius 1 is 1.28 bits per heavy atom. The Kier molecular flexibility index (Phi) is 7.37.